The van der Waals surface area contributed by atoms with Crippen molar-refractivity contribution in [2.45, 2.75) is 104 Å². The molecule has 0 bridgehead atoms. The van der Waals surface area contributed by atoms with Crippen LogP contribution < -0.4 is 0 Å². The van der Waals surface area contributed by atoms with Crippen molar-refractivity contribution in [3.8, 4) is 0 Å². The van der Waals surface area contributed by atoms with Crippen molar-refractivity contribution >= 4 is 5.97 Å². The first-order valence-corrected chi connectivity index (χ1v) is 10.7. The van der Waals surface area contributed by atoms with E-state index in [0.717, 1.165) is 31.8 Å². The van der Waals surface area contributed by atoms with Gasteiger partial charge in [0, 0.05) is 25.2 Å². The molecule has 0 saturated heterocycles. The third-order valence-corrected chi connectivity index (χ3v) is 4.50. The molecular formula is C23H42O3. The zero-order valence-corrected chi connectivity index (χ0v) is 17.6. The highest BCUT2D eigenvalue weighted by Crippen LogP contribution is 2.14. The number of carbonyl (C=O) groups excluding carboxylic acids is 1. The van der Waals surface area contributed by atoms with E-state index in [9.17, 15) is 4.79 Å². The van der Waals surface area contributed by atoms with Crippen LogP contribution in [0.2, 0.25) is 0 Å². The van der Waals surface area contributed by atoms with Gasteiger partial charge in [-0.2, -0.15) is 0 Å². The lowest BCUT2D eigenvalue weighted by Crippen LogP contribution is -2.04. The molecule has 0 rings (SSSR count). The second kappa shape index (κ2) is 18.7. The summed E-state index contributed by atoms with van der Waals surface area (Å²) < 4.78 is 11.0. The molecule has 0 unspecified atom stereocenters. The van der Waals surface area contributed by atoms with Crippen LogP contribution in [-0.4, -0.2) is 19.2 Å². The fourth-order valence-electron chi connectivity index (χ4n) is 2.76. The maximum absolute atomic E-state index is 11.5. The number of hydrogen-bond donors (Lipinski definition) is 0. The van der Waals surface area contributed by atoms with Crippen LogP contribution in [0.25, 0.3) is 0 Å². The van der Waals surface area contributed by atoms with Crippen molar-refractivity contribution in [1.82, 2.24) is 0 Å². The summed E-state index contributed by atoms with van der Waals surface area (Å²) in [6, 6.07) is 0. The molecule has 26 heavy (non-hydrogen) atoms. The first-order valence-electron chi connectivity index (χ1n) is 10.7. The van der Waals surface area contributed by atoms with Crippen LogP contribution in [0.1, 0.15) is 104 Å². The van der Waals surface area contributed by atoms with Gasteiger partial charge >= 0.3 is 5.97 Å². The molecule has 0 saturated carbocycles. The first kappa shape index (κ1) is 24.9. The third kappa shape index (κ3) is 16.4. The number of rotatable bonds is 18. The van der Waals surface area contributed by atoms with Gasteiger partial charge in [0.25, 0.3) is 0 Å². The second-order valence-corrected chi connectivity index (χ2v) is 7.18. The quantitative estimate of drug-likeness (QED) is 0.112. The minimum atomic E-state index is -0.320. The second-order valence-electron chi connectivity index (χ2n) is 7.18. The molecule has 0 aromatic carbocycles. The van der Waals surface area contributed by atoms with Gasteiger partial charge in [-0.3, -0.25) is 0 Å². The minimum absolute atomic E-state index is 0.320. The van der Waals surface area contributed by atoms with Gasteiger partial charge in [0.2, 0.25) is 0 Å². The Morgan fingerprint density at radius 1 is 0.846 bits per heavy atom. The minimum Gasteiger partial charge on any atom is -0.428 e. The Morgan fingerprint density at radius 2 is 1.35 bits per heavy atom. The van der Waals surface area contributed by atoms with Crippen molar-refractivity contribution in [1.29, 1.82) is 0 Å². The molecule has 0 radical (unpaired) electrons. The van der Waals surface area contributed by atoms with Crippen molar-refractivity contribution in [3.63, 3.8) is 0 Å². The standard InChI is InChI=1S/C23H42O3/c1-5-7-8-9-13-16-19-25-20-17-14-11-10-12-15-18-22(6-2)26-23(24)21(3)4/h6H,3,5,7-20H2,1-2,4H3/b22-6-. The fraction of sp³-hybridized carbons (Fsp3) is 0.783. The van der Waals surface area contributed by atoms with Crippen molar-refractivity contribution in [2.75, 3.05) is 13.2 Å². The first-order chi connectivity index (χ1) is 12.6. The zero-order valence-electron chi connectivity index (χ0n) is 17.6. The summed E-state index contributed by atoms with van der Waals surface area (Å²) in [6.07, 6.45) is 17.8. The predicted octanol–water partition coefficient (Wildman–Crippen LogP) is 7.12. The van der Waals surface area contributed by atoms with E-state index in [1.54, 1.807) is 6.92 Å². The van der Waals surface area contributed by atoms with Crippen LogP contribution >= 0.6 is 0 Å². The molecule has 3 nitrogen and oxygen atoms in total. The van der Waals surface area contributed by atoms with Crippen molar-refractivity contribution in [3.05, 3.63) is 24.0 Å². The van der Waals surface area contributed by atoms with Gasteiger partial charge in [0.05, 0.1) is 0 Å². The molecule has 3 heteroatoms. The Morgan fingerprint density at radius 3 is 1.85 bits per heavy atom. The lowest BCUT2D eigenvalue weighted by atomic mass is 10.1. The van der Waals surface area contributed by atoms with E-state index in [2.05, 4.69) is 13.5 Å². The maximum Gasteiger partial charge on any atom is 0.338 e. The summed E-state index contributed by atoms with van der Waals surface area (Å²) in [7, 11) is 0. The van der Waals surface area contributed by atoms with Crippen LogP contribution in [0.4, 0.5) is 0 Å². The van der Waals surface area contributed by atoms with Gasteiger partial charge in [-0.15, -0.1) is 0 Å². The molecule has 0 aliphatic heterocycles. The third-order valence-electron chi connectivity index (χ3n) is 4.50. The van der Waals surface area contributed by atoms with Crippen LogP contribution in [-0.2, 0) is 14.3 Å². The van der Waals surface area contributed by atoms with Gasteiger partial charge in [-0.05, 0) is 39.2 Å². The van der Waals surface area contributed by atoms with Gasteiger partial charge in [0.15, 0.2) is 0 Å². The summed E-state index contributed by atoms with van der Waals surface area (Å²) in [5, 5.41) is 0. The van der Waals surface area contributed by atoms with Gasteiger partial charge in [0.1, 0.15) is 5.76 Å². The summed E-state index contributed by atoms with van der Waals surface area (Å²) in [5.41, 5.74) is 0.447. The highest BCUT2D eigenvalue weighted by Gasteiger charge is 2.06. The lowest BCUT2D eigenvalue weighted by Gasteiger charge is -2.08. The molecule has 0 heterocycles. The summed E-state index contributed by atoms with van der Waals surface area (Å²) in [6.45, 7) is 11.3. The Balaban J connectivity index is 3.33. The van der Waals surface area contributed by atoms with E-state index in [1.807, 2.05) is 13.0 Å². The molecule has 0 aliphatic carbocycles. The highest BCUT2D eigenvalue weighted by atomic mass is 16.5. The molecule has 0 aromatic heterocycles. The van der Waals surface area contributed by atoms with Gasteiger partial charge in [-0.25, -0.2) is 4.79 Å². The molecule has 0 aliphatic rings. The largest absolute Gasteiger partial charge is 0.428 e. The SMILES string of the molecule is C=C(C)C(=O)O/C(=C\C)CCCCCCCCOCCCCCCCC. The van der Waals surface area contributed by atoms with Gasteiger partial charge < -0.3 is 9.47 Å². The molecule has 0 atom stereocenters. The van der Waals surface area contributed by atoms with E-state index in [-0.39, 0.29) is 5.97 Å². The Bertz CT molecular complexity index is 385. The topological polar surface area (TPSA) is 35.5 Å². The summed E-state index contributed by atoms with van der Waals surface area (Å²) >= 11 is 0. The Kier molecular flexibility index (Phi) is 17.9. The normalized spacial score (nSPS) is 11.6. The number of hydrogen-bond acceptors (Lipinski definition) is 3. The summed E-state index contributed by atoms with van der Waals surface area (Å²) in [5.74, 6) is 0.445. The molecule has 0 amide bonds. The van der Waals surface area contributed by atoms with Crippen LogP contribution in [0, 0.1) is 0 Å². The van der Waals surface area contributed by atoms with Crippen LogP contribution in [0.3, 0.4) is 0 Å². The van der Waals surface area contributed by atoms with E-state index >= 15 is 0 Å². The number of carbonyl (C=O) groups is 1. The molecule has 0 aromatic rings. The van der Waals surface area contributed by atoms with E-state index in [4.69, 9.17) is 9.47 Å². The van der Waals surface area contributed by atoms with E-state index < -0.39 is 0 Å². The Hall–Kier alpha value is -1.09. The van der Waals surface area contributed by atoms with Crippen LogP contribution in [0.15, 0.2) is 24.0 Å². The predicted molar refractivity (Wildman–Crippen MR) is 111 cm³/mol. The Labute approximate surface area is 162 Å². The fourth-order valence-corrected chi connectivity index (χ4v) is 2.76. The van der Waals surface area contributed by atoms with E-state index in [1.165, 1.54) is 70.6 Å². The van der Waals surface area contributed by atoms with Crippen molar-refractivity contribution in [2.24, 2.45) is 0 Å². The average Bonchev–Trinajstić information content (AvgIpc) is 2.63. The summed E-state index contributed by atoms with van der Waals surface area (Å²) in [4.78, 5) is 11.5. The smallest absolute Gasteiger partial charge is 0.338 e. The molecule has 0 fully saturated rings. The molecular weight excluding hydrogens is 324 g/mol. The van der Waals surface area contributed by atoms with Crippen LogP contribution in [0.5, 0.6) is 0 Å². The number of esters is 1. The van der Waals surface area contributed by atoms with E-state index in [0.29, 0.717) is 5.57 Å². The molecule has 0 spiro atoms. The maximum atomic E-state index is 11.5. The number of allylic oxidation sites excluding steroid dienone is 2. The molecule has 152 valence electrons. The molecule has 0 N–H and O–H groups in total. The van der Waals surface area contributed by atoms with Gasteiger partial charge in [-0.1, -0.05) is 71.3 Å². The number of ether oxygens (including phenoxy) is 2. The lowest BCUT2D eigenvalue weighted by molar-refractivity contribution is -0.135. The number of unbranched alkanes of at least 4 members (excludes halogenated alkanes) is 10. The van der Waals surface area contributed by atoms with Crippen molar-refractivity contribution < 1.29 is 14.3 Å². The zero-order chi connectivity index (χ0) is 19.5. The average molecular weight is 367 g/mol. The highest BCUT2D eigenvalue weighted by molar-refractivity contribution is 5.87. The monoisotopic (exact) mass is 366 g/mol.